The molecule has 0 aliphatic rings. The van der Waals surface area contributed by atoms with Crippen molar-refractivity contribution < 1.29 is 0 Å². The van der Waals surface area contributed by atoms with Gasteiger partial charge in [0, 0.05) is 18.8 Å². The summed E-state index contributed by atoms with van der Waals surface area (Å²) in [6.07, 6.45) is 6.10. The second kappa shape index (κ2) is 4.26. The first-order valence-electron chi connectivity index (χ1n) is 4.51. The summed E-state index contributed by atoms with van der Waals surface area (Å²) in [5.74, 6) is 0. The zero-order valence-corrected chi connectivity index (χ0v) is 7.83. The summed E-state index contributed by atoms with van der Waals surface area (Å²) in [5, 5.41) is 0. The van der Waals surface area contributed by atoms with Crippen LogP contribution >= 0.6 is 0 Å². The molecule has 0 bridgehead atoms. The molecule has 0 saturated heterocycles. The average Bonchev–Trinajstić information content (AvgIpc) is 2.48. The van der Waals surface area contributed by atoms with Gasteiger partial charge in [0.1, 0.15) is 0 Å². The maximum absolute atomic E-state index is 5.77. The van der Waals surface area contributed by atoms with Crippen LogP contribution in [0.3, 0.4) is 0 Å². The van der Waals surface area contributed by atoms with Gasteiger partial charge in [-0.1, -0.05) is 13.3 Å². The van der Waals surface area contributed by atoms with E-state index in [1.165, 1.54) is 12.8 Å². The number of aromatic nitrogens is 2. The van der Waals surface area contributed by atoms with Gasteiger partial charge < -0.3 is 10.3 Å². The van der Waals surface area contributed by atoms with E-state index in [1.807, 2.05) is 19.4 Å². The molecule has 0 saturated carbocycles. The average molecular weight is 167 g/mol. The minimum atomic E-state index is 0.0874. The second-order valence-corrected chi connectivity index (χ2v) is 3.15. The summed E-state index contributed by atoms with van der Waals surface area (Å²) in [7, 11) is 0. The summed E-state index contributed by atoms with van der Waals surface area (Å²) in [6, 6.07) is 0.0874. The van der Waals surface area contributed by atoms with E-state index in [0.29, 0.717) is 0 Å². The predicted octanol–water partition coefficient (Wildman–Crippen LogP) is 1.70. The van der Waals surface area contributed by atoms with Crippen LogP contribution in [0.1, 0.15) is 38.4 Å². The van der Waals surface area contributed by atoms with Gasteiger partial charge in [-0.2, -0.15) is 0 Å². The van der Waals surface area contributed by atoms with Gasteiger partial charge in [0.2, 0.25) is 0 Å². The van der Waals surface area contributed by atoms with Crippen molar-refractivity contribution in [2.45, 2.75) is 39.3 Å². The van der Waals surface area contributed by atoms with Crippen molar-refractivity contribution in [1.82, 2.24) is 9.55 Å². The fourth-order valence-electron chi connectivity index (χ4n) is 1.23. The predicted molar refractivity (Wildman–Crippen MR) is 49.7 cm³/mol. The third-order valence-electron chi connectivity index (χ3n) is 1.96. The number of rotatable bonds is 4. The van der Waals surface area contributed by atoms with Crippen molar-refractivity contribution in [3.63, 3.8) is 0 Å². The van der Waals surface area contributed by atoms with E-state index >= 15 is 0 Å². The Kier molecular flexibility index (Phi) is 3.29. The molecule has 0 spiro atoms. The van der Waals surface area contributed by atoms with E-state index < -0.39 is 0 Å². The van der Waals surface area contributed by atoms with Crippen LogP contribution in [0, 0.1) is 0 Å². The zero-order chi connectivity index (χ0) is 8.97. The molecule has 1 aromatic rings. The van der Waals surface area contributed by atoms with Gasteiger partial charge in [0.05, 0.1) is 12.0 Å². The number of hydrogen-bond donors (Lipinski definition) is 1. The van der Waals surface area contributed by atoms with Crippen molar-refractivity contribution in [2.75, 3.05) is 0 Å². The van der Waals surface area contributed by atoms with Crippen LogP contribution < -0.4 is 5.73 Å². The van der Waals surface area contributed by atoms with Crippen LogP contribution in [0.2, 0.25) is 0 Å². The number of unbranched alkanes of at least 4 members (excludes halogenated alkanes) is 1. The molecule has 0 aliphatic carbocycles. The molecule has 1 rings (SSSR count). The van der Waals surface area contributed by atoms with E-state index in [1.54, 1.807) is 0 Å². The van der Waals surface area contributed by atoms with E-state index in [-0.39, 0.29) is 6.04 Å². The van der Waals surface area contributed by atoms with Crippen molar-refractivity contribution in [1.29, 1.82) is 0 Å². The molecule has 68 valence electrons. The van der Waals surface area contributed by atoms with E-state index in [0.717, 1.165) is 12.2 Å². The summed E-state index contributed by atoms with van der Waals surface area (Å²) < 4.78 is 2.13. The van der Waals surface area contributed by atoms with Gasteiger partial charge in [-0.3, -0.25) is 0 Å². The highest BCUT2D eigenvalue weighted by atomic mass is 15.1. The van der Waals surface area contributed by atoms with Crippen LogP contribution in [0.15, 0.2) is 12.5 Å². The van der Waals surface area contributed by atoms with Gasteiger partial charge in [-0.15, -0.1) is 0 Å². The highest BCUT2D eigenvalue weighted by molar-refractivity contribution is 5.02. The summed E-state index contributed by atoms with van der Waals surface area (Å²) in [6.45, 7) is 5.20. The number of nitrogens with two attached hydrogens (primary N) is 1. The number of hydrogen-bond acceptors (Lipinski definition) is 2. The largest absolute Gasteiger partial charge is 0.333 e. The summed E-state index contributed by atoms with van der Waals surface area (Å²) in [4.78, 5) is 4.08. The molecule has 1 aromatic heterocycles. The van der Waals surface area contributed by atoms with Crippen molar-refractivity contribution in [3.8, 4) is 0 Å². The standard InChI is InChI=1S/C9H17N3/c1-3-4-5-12-7-11-6-9(12)8(2)10/h6-8H,3-5,10H2,1-2H3. The lowest BCUT2D eigenvalue weighted by molar-refractivity contribution is 0.586. The Morgan fingerprint density at radius 2 is 2.42 bits per heavy atom. The highest BCUT2D eigenvalue weighted by Crippen LogP contribution is 2.09. The van der Waals surface area contributed by atoms with E-state index in [4.69, 9.17) is 5.73 Å². The fraction of sp³-hybridized carbons (Fsp3) is 0.667. The lowest BCUT2D eigenvalue weighted by Gasteiger charge is -2.09. The van der Waals surface area contributed by atoms with Crippen LogP contribution in [-0.2, 0) is 6.54 Å². The number of nitrogens with zero attached hydrogens (tertiary/aromatic N) is 2. The normalized spacial score (nSPS) is 13.2. The molecular weight excluding hydrogens is 150 g/mol. The Balaban J connectivity index is 2.64. The monoisotopic (exact) mass is 167 g/mol. The Bertz CT molecular complexity index is 227. The van der Waals surface area contributed by atoms with Crippen LogP contribution in [0.4, 0.5) is 0 Å². The lowest BCUT2D eigenvalue weighted by Crippen LogP contribution is -2.11. The SMILES string of the molecule is CCCCn1cncc1C(C)N. The molecule has 3 heteroatoms. The van der Waals surface area contributed by atoms with Gasteiger partial charge in [-0.25, -0.2) is 4.98 Å². The van der Waals surface area contributed by atoms with Gasteiger partial charge in [-0.05, 0) is 13.3 Å². The quantitative estimate of drug-likeness (QED) is 0.741. The first-order valence-corrected chi connectivity index (χ1v) is 4.51. The molecule has 12 heavy (non-hydrogen) atoms. The fourth-order valence-corrected chi connectivity index (χ4v) is 1.23. The van der Waals surface area contributed by atoms with E-state index in [2.05, 4.69) is 16.5 Å². The van der Waals surface area contributed by atoms with Crippen LogP contribution in [0.5, 0.6) is 0 Å². The first kappa shape index (κ1) is 9.26. The summed E-state index contributed by atoms with van der Waals surface area (Å²) >= 11 is 0. The first-order chi connectivity index (χ1) is 5.75. The third-order valence-corrected chi connectivity index (χ3v) is 1.96. The van der Waals surface area contributed by atoms with E-state index in [9.17, 15) is 0 Å². The Morgan fingerprint density at radius 1 is 1.67 bits per heavy atom. The molecule has 0 aromatic carbocycles. The Hall–Kier alpha value is -0.830. The maximum Gasteiger partial charge on any atom is 0.0948 e. The zero-order valence-electron chi connectivity index (χ0n) is 7.83. The van der Waals surface area contributed by atoms with Crippen molar-refractivity contribution >= 4 is 0 Å². The lowest BCUT2D eigenvalue weighted by atomic mass is 10.2. The van der Waals surface area contributed by atoms with Crippen LogP contribution in [0.25, 0.3) is 0 Å². The Morgan fingerprint density at radius 3 is 3.00 bits per heavy atom. The molecule has 1 unspecified atom stereocenters. The number of aryl methyl sites for hydroxylation is 1. The van der Waals surface area contributed by atoms with Gasteiger partial charge >= 0.3 is 0 Å². The topological polar surface area (TPSA) is 43.8 Å². The molecule has 3 nitrogen and oxygen atoms in total. The minimum absolute atomic E-state index is 0.0874. The molecule has 0 aliphatic heterocycles. The van der Waals surface area contributed by atoms with Crippen LogP contribution in [-0.4, -0.2) is 9.55 Å². The molecule has 1 atom stereocenters. The molecular formula is C9H17N3. The highest BCUT2D eigenvalue weighted by Gasteiger charge is 2.04. The minimum Gasteiger partial charge on any atom is -0.333 e. The third kappa shape index (κ3) is 2.08. The second-order valence-electron chi connectivity index (χ2n) is 3.15. The van der Waals surface area contributed by atoms with Gasteiger partial charge in [0.15, 0.2) is 0 Å². The molecule has 0 amide bonds. The van der Waals surface area contributed by atoms with Gasteiger partial charge in [0.25, 0.3) is 0 Å². The maximum atomic E-state index is 5.77. The molecule has 0 radical (unpaired) electrons. The molecule has 1 heterocycles. The molecule has 0 fully saturated rings. The number of imidazole rings is 1. The Labute approximate surface area is 73.6 Å². The molecule has 2 N–H and O–H groups in total. The smallest absolute Gasteiger partial charge is 0.0948 e. The van der Waals surface area contributed by atoms with Crippen molar-refractivity contribution in [2.24, 2.45) is 5.73 Å². The van der Waals surface area contributed by atoms with Crippen molar-refractivity contribution in [3.05, 3.63) is 18.2 Å². The summed E-state index contributed by atoms with van der Waals surface area (Å²) in [5.41, 5.74) is 6.90.